The SMILES string of the molecule is C=CCNC(C(C)C)C(O)c1ccc2c(c1)ncn2C. The molecule has 0 amide bonds. The van der Waals surface area contributed by atoms with E-state index >= 15 is 0 Å². The van der Waals surface area contributed by atoms with Crippen LogP contribution in [-0.2, 0) is 7.05 Å². The molecule has 0 saturated heterocycles. The number of hydrogen-bond donors (Lipinski definition) is 2. The second-order valence-corrected chi connectivity index (χ2v) is 5.52. The van der Waals surface area contributed by atoms with E-state index in [1.165, 1.54) is 0 Å². The summed E-state index contributed by atoms with van der Waals surface area (Å²) >= 11 is 0. The third-order valence-corrected chi connectivity index (χ3v) is 3.65. The smallest absolute Gasteiger partial charge is 0.0955 e. The molecule has 2 atom stereocenters. The zero-order valence-corrected chi connectivity index (χ0v) is 12.4. The van der Waals surface area contributed by atoms with Gasteiger partial charge in [0.1, 0.15) is 0 Å². The topological polar surface area (TPSA) is 50.1 Å². The van der Waals surface area contributed by atoms with Crippen LogP contribution in [0.1, 0.15) is 25.5 Å². The summed E-state index contributed by atoms with van der Waals surface area (Å²) in [6, 6.07) is 5.94. The Morgan fingerprint density at radius 1 is 1.45 bits per heavy atom. The van der Waals surface area contributed by atoms with Crippen LogP contribution in [0.25, 0.3) is 11.0 Å². The van der Waals surface area contributed by atoms with Crippen LogP contribution >= 0.6 is 0 Å². The van der Waals surface area contributed by atoms with Gasteiger partial charge in [-0.2, -0.15) is 0 Å². The quantitative estimate of drug-likeness (QED) is 0.795. The average molecular weight is 273 g/mol. The van der Waals surface area contributed by atoms with Gasteiger partial charge in [0.15, 0.2) is 0 Å². The van der Waals surface area contributed by atoms with E-state index in [-0.39, 0.29) is 6.04 Å². The summed E-state index contributed by atoms with van der Waals surface area (Å²) in [4.78, 5) is 4.34. The van der Waals surface area contributed by atoms with Gasteiger partial charge in [0.05, 0.1) is 23.5 Å². The summed E-state index contributed by atoms with van der Waals surface area (Å²) in [5.74, 6) is 0.323. The number of aliphatic hydroxyl groups excluding tert-OH is 1. The van der Waals surface area contributed by atoms with Crippen LogP contribution in [0.3, 0.4) is 0 Å². The molecule has 0 bridgehead atoms. The molecule has 0 aliphatic rings. The minimum atomic E-state index is -0.554. The zero-order chi connectivity index (χ0) is 14.7. The second-order valence-electron chi connectivity index (χ2n) is 5.52. The number of benzene rings is 1. The molecule has 0 fully saturated rings. The van der Waals surface area contributed by atoms with Crippen LogP contribution in [0.5, 0.6) is 0 Å². The number of rotatable bonds is 6. The van der Waals surface area contributed by atoms with E-state index in [4.69, 9.17) is 0 Å². The fourth-order valence-electron chi connectivity index (χ4n) is 2.48. The normalized spacial score (nSPS) is 14.7. The van der Waals surface area contributed by atoms with Gasteiger partial charge in [0.25, 0.3) is 0 Å². The van der Waals surface area contributed by atoms with Gasteiger partial charge in [-0.1, -0.05) is 26.0 Å². The highest BCUT2D eigenvalue weighted by Gasteiger charge is 2.23. The van der Waals surface area contributed by atoms with Crippen molar-refractivity contribution in [2.24, 2.45) is 13.0 Å². The van der Waals surface area contributed by atoms with E-state index < -0.39 is 6.10 Å². The highest BCUT2D eigenvalue weighted by Crippen LogP contribution is 2.24. The Bertz CT molecular complexity index is 588. The number of aryl methyl sites for hydroxylation is 1. The van der Waals surface area contributed by atoms with Gasteiger partial charge in [0.2, 0.25) is 0 Å². The second kappa shape index (κ2) is 6.20. The van der Waals surface area contributed by atoms with Crippen molar-refractivity contribution in [3.05, 3.63) is 42.7 Å². The van der Waals surface area contributed by atoms with Crippen molar-refractivity contribution >= 4 is 11.0 Å². The first-order valence-electron chi connectivity index (χ1n) is 6.98. The van der Waals surface area contributed by atoms with Crippen molar-refractivity contribution in [1.82, 2.24) is 14.9 Å². The molecular formula is C16H23N3O. The lowest BCUT2D eigenvalue weighted by Gasteiger charge is -2.27. The molecule has 4 heteroatoms. The monoisotopic (exact) mass is 273 g/mol. The van der Waals surface area contributed by atoms with Crippen LogP contribution < -0.4 is 5.32 Å². The summed E-state index contributed by atoms with van der Waals surface area (Å²) in [7, 11) is 1.97. The Balaban J connectivity index is 2.27. The van der Waals surface area contributed by atoms with Crippen LogP contribution in [0.4, 0.5) is 0 Å². The summed E-state index contributed by atoms with van der Waals surface area (Å²) in [5.41, 5.74) is 2.88. The highest BCUT2D eigenvalue weighted by molar-refractivity contribution is 5.76. The van der Waals surface area contributed by atoms with Crippen molar-refractivity contribution in [2.45, 2.75) is 26.0 Å². The molecule has 2 aromatic rings. The van der Waals surface area contributed by atoms with E-state index in [2.05, 4.69) is 30.7 Å². The third kappa shape index (κ3) is 2.92. The number of nitrogens with one attached hydrogen (secondary N) is 1. The first kappa shape index (κ1) is 14.8. The van der Waals surface area contributed by atoms with Crippen molar-refractivity contribution in [3.63, 3.8) is 0 Å². The molecule has 2 unspecified atom stereocenters. The van der Waals surface area contributed by atoms with Gasteiger partial charge in [-0.3, -0.25) is 0 Å². The first-order valence-corrected chi connectivity index (χ1v) is 6.98. The van der Waals surface area contributed by atoms with Crippen LogP contribution in [0.2, 0.25) is 0 Å². The van der Waals surface area contributed by atoms with Gasteiger partial charge in [0, 0.05) is 19.6 Å². The van der Waals surface area contributed by atoms with Crippen LogP contribution in [-0.4, -0.2) is 27.2 Å². The highest BCUT2D eigenvalue weighted by atomic mass is 16.3. The molecular weight excluding hydrogens is 250 g/mol. The number of nitrogens with zero attached hydrogens (tertiary/aromatic N) is 2. The van der Waals surface area contributed by atoms with E-state index in [1.54, 1.807) is 6.33 Å². The Morgan fingerprint density at radius 3 is 2.85 bits per heavy atom. The standard InChI is InChI=1S/C16H23N3O/c1-5-8-17-15(11(2)3)16(20)12-6-7-14-13(9-12)18-10-19(14)4/h5-7,9-11,15-17,20H,1,8H2,2-4H3. The van der Waals surface area contributed by atoms with E-state index in [9.17, 15) is 5.11 Å². The largest absolute Gasteiger partial charge is 0.387 e. The van der Waals surface area contributed by atoms with Crippen LogP contribution in [0, 0.1) is 5.92 Å². The average Bonchev–Trinajstić information content (AvgIpc) is 2.80. The fraction of sp³-hybridized carbons (Fsp3) is 0.438. The van der Waals surface area contributed by atoms with Gasteiger partial charge in [-0.25, -0.2) is 4.98 Å². The van der Waals surface area contributed by atoms with Crippen molar-refractivity contribution in [1.29, 1.82) is 0 Å². The fourth-order valence-corrected chi connectivity index (χ4v) is 2.48. The number of imidazole rings is 1. The predicted octanol–water partition coefficient (Wildman–Crippen LogP) is 2.41. The Morgan fingerprint density at radius 2 is 2.20 bits per heavy atom. The summed E-state index contributed by atoms with van der Waals surface area (Å²) in [6.45, 7) is 8.60. The third-order valence-electron chi connectivity index (χ3n) is 3.65. The Kier molecular flexibility index (Phi) is 4.57. The molecule has 0 saturated carbocycles. The maximum Gasteiger partial charge on any atom is 0.0955 e. The Labute approximate surface area is 120 Å². The minimum Gasteiger partial charge on any atom is -0.387 e. The van der Waals surface area contributed by atoms with Crippen molar-refractivity contribution < 1.29 is 5.11 Å². The first-order chi connectivity index (χ1) is 9.54. The molecule has 0 aliphatic carbocycles. The van der Waals surface area contributed by atoms with Crippen molar-refractivity contribution in [2.75, 3.05) is 6.54 Å². The molecule has 1 aromatic heterocycles. The lowest BCUT2D eigenvalue weighted by atomic mass is 9.93. The maximum absolute atomic E-state index is 10.6. The minimum absolute atomic E-state index is 0.00541. The number of aliphatic hydroxyl groups is 1. The van der Waals surface area contributed by atoms with Crippen LogP contribution in [0.15, 0.2) is 37.2 Å². The van der Waals surface area contributed by atoms with Gasteiger partial charge in [-0.05, 0) is 23.6 Å². The predicted molar refractivity (Wildman–Crippen MR) is 82.5 cm³/mol. The lowest BCUT2D eigenvalue weighted by Crippen LogP contribution is -2.39. The van der Waals surface area contributed by atoms with E-state index in [0.717, 1.165) is 16.6 Å². The molecule has 4 nitrogen and oxygen atoms in total. The lowest BCUT2D eigenvalue weighted by molar-refractivity contribution is 0.107. The summed E-state index contributed by atoms with van der Waals surface area (Å²) < 4.78 is 1.97. The number of fused-ring (bicyclic) bond motifs is 1. The molecule has 1 aromatic carbocycles. The molecule has 1 heterocycles. The number of hydrogen-bond acceptors (Lipinski definition) is 3. The van der Waals surface area contributed by atoms with Crippen molar-refractivity contribution in [3.8, 4) is 0 Å². The Hall–Kier alpha value is -1.65. The molecule has 0 spiro atoms. The zero-order valence-electron chi connectivity index (χ0n) is 12.4. The molecule has 2 rings (SSSR count). The van der Waals surface area contributed by atoms with E-state index in [1.807, 2.05) is 35.9 Å². The van der Waals surface area contributed by atoms with Gasteiger partial charge in [-0.15, -0.1) is 6.58 Å². The molecule has 108 valence electrons. The molecule has 20 heavy (non-hydrogen) atoms. The summed E-state index contributed by atoms with van der Waals surface area (Å²) in [6.07, 6.45) is 3.04. The van der Waals surface area contributed by atoms with E-state index in [0.29, 0.717) is 12.5 Å². The van der Waals surface area contributed by atoms with Gasteiger partial charge >= 0.3 is 0 Å². The maximum atomic E-state index is 10.6. The summed E-state index contributed by atoms with van der Waals surface area (Å²) in [5, 5.41) is 13.9. The molecule has 0 radical (unpaired) electrons. The molecule has 2 N–H and O–H groups in total. The number of aromatic nitrogens is 2. The molecule has 0 aliphatic heterocycles. The van der Waals surface area contributed by atoms with Gasteiger partial charge < -0.3 is 15.0 Å².